The Kier molecular flexibility index (Phi) is 7.03. The van der Waals surface area contributed by atoms with Gasteiger partial charge in [-0.1, -0.05) is 48.3 Å². The summed E-state index contributed by atoms with van der Waals surface area (Å²) in [5.74, 6) is 0.795. The third-order valence-electron chi connectivity index (χ3n) is 5.07. The number of rotatable bonds is 6. The van der Waals surface area contributed by atoms with E-state index in [1.54, 1.807) is 6.07 Å². The summed E-state index contributed by atoms with van der Waals surface area (Å²) in [6, 6.07) is 14.0. The quantitative estimate of drug-likeness (QED) is 0.690. The molecule has 1 amide bonds. The van der Waals surface area contributed by atoms with Gasteiger partial charge in [0.25, 0.3) is 0 Å². The molecule has 1 fully saturated rings. The topological polar surface area (TPSA) is 32.3 Å². The van der Waals surface area contributed by atoms with E-state index >= 15 is 0 Å². The molecule has 3 nitrogen and oxygen atoms in total. The predicted molar refractivity (Wildman–Crippen MR) is 114 cm³/mol. The van der Waals surface area contributed by atoms with Gasteiger partial charge in [-0.25, -0.2) is 0 Å². The molecule has 1 N–H and O–H groups in total. The maximum atomic E-state index is 12.1. The Morgan fingerprint density at radius 3 is 2.56 bits per heavy atom. The summed E-state index contributed by atoms with van der Waals surface area (Å²) < 4.78 is 0. The highest BCUT2D eigenvalue weighted by Gasteiger charge is 2.16. The van der Waals surface area contributed by atoms with Crippen LogP contribution in [0.3, 0.4) is 0 Å². The molecule has 5 heteroatoms. The molecule has 1 heterocycles. The van der Waals surface area contributed by atoms with E-state index in [9.17, 15) is 4.79 Å². The van der Waals surface area contributed by atoms with E-state index in [0.717, 1.165) is 30.1 Å². The second kappa shape index (κ2) is 9.48. The average molecular weight is 405 g/mol. The smallest absolute Gasteiger partial charge is 0.220 e. The van der Waals surface area contributed by atoms with Gasteiger partial charge >= 0.3 is 0 Å². The first-order valence-electron chi connectivity index (χ1n) is 9.56. The molecule has 0 spiro atoms. The van der Waals surface area contributed by atoms with Crippen molar-refractivity contribution in [2.24, 2.45) is 5.92 Å². The number of carbonyl (C=O) groups is 1. The van der Waals surface area contributed by atoms with Gasteiger partial charge in [0.2, 0.25) is 5.91 Å². The Morgan fingerprint density at radius 1 is 1.11 bits per heavy atom. The highest BCUT2D eigenvalue weighted by Crippen LogP contribution is 2.24. The van der Waals surface area contributed by atoms with Gasteiger partial charge in [-0.05, 0) is 60.6 Å². The Morgan fingerprint density at radius 2 is 1.85 bits per heavy atom. The van der Waals surface area contributed by atoms with Crippen molar-refractivity contribution in [3.05, 3.63) is 63.6 Å². The summed E-state index contributed by atoms with van der Waals surface area (Å²) in [6.07, 6.45) is 3.66. The zero-order valence-corrected chi connectivity index (χ0v) is 17.2. The lowest BCUT2D eigenvalue weighted by Crippen LogP contribution is -2.34. The lowest BCUT2D eigenvalue weighted by Gasteiger charge is -2.32. The number of benzene rings is 2. The molecule has 1 aliphatic rings. The third kappa shape index (κ3) is 5.88. The normalized spacial score (nSPS) is 17.0. The van der Waals surface area contributed by atoms with Gasteiger partial charge in [-0.3, -0.25) is 4.79 Å². The number of piperidine rings is 1. The molecular weight excluding hydrogens is 379 g/mol. The minimum atomic E-state index is 0.0370. The molecule has 1 aliphatic heterocycles. The molecule has 3 rings (SSSR count). The first-order valence-corrected chi connectivity index (χ1v) is 10.3. The van der Waals surface area contributed by atoms with E-state index in [2.05, 4.69) is 41.4 Å². The predicted octanol–water partition coefficient (Wildman–Crippen LogP) is 5.48. The number of anilines is 1. The minimum Gasteiger partial charge on any atom is -0.371 e. The van der Waals surface area contributed by atoms with Crippen LogP contribution in [0.5, 0.6) is 0 Å². The standard InChI is InChI=1S/C22H26Cl2N2O/c1-16-3-2-12-26(15-16)19-8-4-18(5-9-19)14-25-22(27)11-7-17-6-10-20(23)21(24)13-17/h4-6,8-10,13,16H,2-3,7,11-12,14-15H2,1H3,(H,25,27)/t16-/m1/s1. The van der Waals surface area contributed by atoms with E-state index in [4.69, 9.17) is 23.2 Å². The van der Waals surface area contributed by atoms with E-state index in [1.165, 1.54) is 18.5 Å². The van der Waals surface area contributed by atoms with E-state index in [1.807, 2.05) is 12.1 Å². The summed E-state index contributed by atoms with van der Waals surface area (Å²) >= 11 is 11.9. The molecule has 27 heavy (non-hydrogen) atoms. The number of nitrogens with one attached hydrogen (secondary N) is 1. The van der Waals surface area contributed by atoms with Crippen molar-refractivity contribution in [1.82, 2.24) is 5.32 Å². The van der Waals surface area contributed by atoms with Crippen molar-refractivity contribution in [3.63, 3.8) is 0 Å². The van der Waals surface area contributed by atoms with Crippen LogP contribution in [0.2, 0.25) is 10.0 Å². The fourth-order valence-electron chi connectivity index (χ4n) is 3.49. The summed E-state index contributed by atoms with van der Waals surface area (Å²) in [7, 11) is 0. The molecule has 0 saturated carbocycles. The van der Waals surface area contributed by atoms with Crippen LogP contribution in [-0.2, 0) is 17.8 Å². The Bertz CT molecular complexity index is 776. The van der Waals surface area contributed by atoms with Crippen molar-refractivity contribution in [2.75, 3.05) is 18.0 Å². The second-order valence-corrected chi connectivity index (χ2v) is 8.20. The summed E-state index contributed by atoms with van der Waals surface area (Å²) in [6.45, 7) is 5.13. The first-order chi connectivity index (χ1) is 13.0. The fraction of sp³-hybridized carbons (Fsp3) is 0.409. The number of amides is 1. The van der Waals surface area contributed by atoms with Crippen LogP contribution < -0.4 is 10.2 Å². The maximum Gasteiger partial charge on any atom is 0.220 e. The zero-order valence-electron chi connectivity index (χ0n) is 15.7. The van der Waals surface area contributed by atoms with Crippen molar-refractivity contribution in [1.29, 1.82) is 0 Å². The van der Waals surface area contributed by atoms with Gasteiger partial charge in [0.05, 0.1) is 10.0 Å². The number of halogens is 2. The molecule has 0 aliphatic carbocycles. The van der Waals surface area contributed by atoms with Gasteiger partial charge in [0.1, 0.15) is 0 Å². The molecule has 0 bridgehead atoms. The number of carbonyl (C=O) groups excluding carboxylic acids is 1. The second-order valence-electron chi connectivity index (χ2n) is 7.39. The van der Waals surface area contributed by atoms with Crippen LogP contribution >= 0.6 is 23.2 Å². The van der Waals surface area contributed by atoms with E-state index in [0.29, 0.717) is 29.4 Å². The van der Waals surface area contributed by atoms with Gasteiger partial charge < -0.3 is 10.2 Å². The largest absolute Gasteiger partial charge is 0.371 e. The van der Waals surface area contributed by atoms with Crippen LogP contribution in [0.15, 0.2) is 42.5 Å². The number of hydrogen-bond acceptors (Lipinski definition) is 2. The highest BCUT2D eigenvalue weighted by molar-refractivity contribution is 6.42. The maximum absolute atomic E-state index is 12.1. The zero-order chi connectivity index (χ0) is 19.2. The summed E-state index contributed by atoms with van der Waals surface area (Å²) in [4.78, 5) is 14.6. The van der Waals surface area contributed by atoms with Crippen molar-refractivity contribution >= 4 is 34.8 Å². The molecule has 0 unspecified atom stereocenters. The van der Waals surface area contributed by atoms with Crippen LogP contribution in [0.4, 0.5) is 5.69 Å². The number of aryl methyl sites for hydroxylation is 1. The molecular formula is C22H26Cl2N2O. The van der Waals surface area contributed by atoms with Gasteiger partial charge in [0.15, 0.2) is 0 Å². The van der Waals surface area contributed by atoms with Crippen molar-refractivity contribution < 1.29 is 4.79 Å². The first kappa shape index (κ1) is 20.0. The SMILES string of the molecule is C[C@@H]1CCCN(c2ccc(CNC(=O)CCc3ccc(Cl)c(Cl)c3)cc2)C1. The average Bonchev–Trinajstić information content (AvgIpc) is 2.67. The Labute approximate surface area is 171 Å². The third-order valence-corrected chi connectivity index (χ3v) is 5.81. The van der Waals surface area contributed by atoms with Crippen molar-refractivity contribution in [3.8, 4) is 0 Å². The van der Waals surface area contributed by atoms with Crippen LogP contribution in [0, 0.1) is 5.92 Å². The van der Waals surface area contributed by atoms with Crippen LogP contribution in [0.1, 0.15) is 37.3 Å². The summed E-state index contributed by atoms with van der Waals surface area (Å²) in [5, 5.41) is 4.05. The van der Waals surface area contributed by atoms with E-state index < -0.39 is 0 Å². The molecule has 1 saturated heterocycles. The van der Waals surface area contributed by atoms with Crippen molar-refractivity contribution in [2.45, 2.75) is 39.2 Å². The number of hydrogen-bond donors (Lipinski definition) is 1. The molecule has 0 aromatic heterocycles. The fourth-order valence-corrected chi connectivity index (χ4v) is 3.81. The molecule has 0 radical (unpaired) electrons. The lowest BCUT2D eigenvalue weighted by molar-refractivity contribution is -0.121. The molecule has 1 atom stereocenters. The highest BCUT2D eigenvalue weighted by atomic mass is 35.5. The molecule has 2 aromatic rings. The van der Waals surface area contributed by atoms with Crippen LogP contribution in [0.25, 0.3) is 0 Å². The van der Waals surface area contributed by atoms with Gasteiger partial charge in [-0.2, -0.15) is 0 Å². The molecule has 2 aromatic carbocycles. The number of nitrogens with zero attached hydrogens (tertiary/aromatic N) is 1. The van der Waals surface area contributed by atoms with Crippen LogP contribution in [-0.4, -0.2) is 19.0 Å². The Hall–Kier alpha value is -1.71. The summed E-state index contributed by atoms with van der Waals surface area (Å²) in [5.41, 5.74) is 3.41. The van der Waals surface area contributed by atoms with Gasteiger partial charge in [-0.15, -0.1) is 0 Å². The van der Waals surface area contributed by atoms with E-state index in [-0.39, 0.29) is 5.91 Å². The lowest BCUT2D eigenvalue weighted by atomic mass is 9.99. The Balaban J connectivity index is 1.45. The molecule has 144 valence electrons. The minimum absolute atomic E-state index is 0.0370. The van der Waals surface area contributed by atoms with Gasteiger partial charge in [0, 0.05) is 31.7 Å². The monoisotopic (exact) mass is 404 g/mol.